The number of benzene rings is 2. The van der Waals surface area contributed by atoms with Crippen LogP contribution in [0.4, 0.5) is 5.69 Å². The molecular weight excluding hydrogens is 504 g/mol. The summed E-state index contributed by atoms with van der Waals surface area (Å²) in [7, 11) is 0. The minimum atomic E-state index is -0.849. The number of nitrogens with one attached hydrogen (secondary N) is 4. The number of carbonyl (C=O) groups excluding carboxylic acids is 3. The minimum Gasteiger partial charge on any atom is -0.343 e. The van der Waals surface area contributed by atoms with Crippen LogP contribution in [0.1, 0.15) is 31.7 Å². The third-order valence-corrected chi connectivity index (χ3v) is 6.61. The Labute approximate surface area is 228 Å². The smallest absolute Gasteiger partial charge is 0.247 e. The molecule has 3 amide bonds. The van der Waals surface area contributed by atoms with Crippen molar-refractivity contribution < 1.29 is 19.4 Å². The lowest BCUT2D eigenvalue weighted by molar-refractivity contribution is -0.343. The molecule has 6 N–H and O–H groups in total. The molecule has 1 aromatic heterocycles. The molecule has 0 aliphatic heterocycles. The van der Waals surface area contributed by atoms with Crippen molar-refractivity contribution in [3.05, 3.63) is 72.4 Å². The van der Waals surface area contributed by atoms with Crippen molar-refractivity contribution in [2.45, 2.75) is 44.7 Å². The largest absolute Gasteiger partial charge is 0.343 e. The fourth-order valence-corrected chi connectivity index (χ4v) is 4.40. The maximum Gasteiger partial charge on any atom is 0.247 e. The number of nitrogens with two attached hydrogens (primary N) is 1. The van der Waals surface area contributed by atoms with Crippen LogP contribution >= 0.6 is 11.8 Å². The number of rotatable bonds is 14. The van der Waals surface area contributed by atoms with Crippen molar-refractivity contribution in [3.63, 3.8) is 0 Å². The summed E-state index contributed by atoms with van der Waals surface area (Å²) < 4.78 is 0. The number of H-pyrrole nitrogens is 1. The molecule has 9 nitrogen and oxygen atoms in total. The van der Waals surface area contributed by atoms with E-state index in [0.717, 1.165) is 16.5 Å². The second-order valence-electron chi connectivity index (χ2n) is 9.01. The first-order valence-electron chi connectivity index (χ1n) is 12.8. The maximum atomic E-state index is 13.3. The van der Waals surface area contributed by atoms with Gasteiger partial charge in [-0.15, -0.1) is 0 Å². The Morgan fingerprint density at radius 2 is 1.74 bits per heavy atom. The fraction of sp³-hybridized carbons (Fsp3) is 0.357. The molecule has 0 aliphatic carbocycles. The summed E-state index contributed by atoms with van der Waals surface area (Å²) in [4.78, 5) is 46.2. The molecule has 0 radical (unpaired) electrons. The Bertz CT molecular complexity index is 1210. The Morgan fingerprint density at radius 3 is 2.45 bits per heavy atom. The molecule has 10 heteroatoms. The number of hydrogen-bond acceptors (Lipinski definition) is 5. The second kappa shape index (κ2) is 15.0. The number of amides is 3. The van der Waals surface area contributed by atoms with E-state index in [1.54, 1.807) is 11.1 Å². The van der Waals surface area contributed by atoms with Crippen molar-refractivity contribution in [2.24, 2.45) is 5.73 Å². The lowest BCUT2D eigenvalue weighted by atomic mass is 10.0. The summed E-state index contributed by atoms with van der Waals surface area (Å²) in [5, 5.41) is 6.69. The van der Waals surface area contributed by atoms with Crippen LogP contribution in [0.25, 0.3) is 10.9 Å². The molecule has 1 heterocycles. The summed E-state index contributed by atoms with van der Waals surface area (Å²) in [5.74, 6) is -0.899. The van der Waals surface area contributed by atoms with Crippen molar-refractivity contribution in [2.75, 3.05) is 25.0 Å². The number of aromatic nitrogens is 1. The highest BCUT2D eigenvalue weighted by molar-refractivity contribution is 6.15. The third kappa shape index (κ3) is 8.51. The van der Waals surface area contributed by atoms with Gasteiger partial charge in [0.05, 0.1) is 0 Å². The van der Waals surface area contributed by atoms with Gasteiger partial charge in [0.15, 0.2) is 6.20 Å². The number of hydrogen-bond donors (Lipinski definition) is 4. The number of aryl methyl sites for hydroxylation is 1. The number of fused-ring (bicyclic) bond motifs is 1. The highest BCUT2D eigenvalue weighted by atomic mass is 35.5. The van der Waals surface area contributed by atoms with E-state index in [0.29, 0.717) is 38.2 Å². The molecule has 0 spiro atoms. The van der Waals surface area contributed by atoms with E-state index in [-0.39, 0.29) is 24.7 Å². The number of halogens is 1. The zero-order valence-electron chi connectivity index (χ0n) is 21.6. The summed E-state index contributed by atoms with van der Waals surface area (Å²) in [6, 6.07) is 17.7. The molecule has 3 aromatic rings. The number of aromatic amines is 1. The van der Waals surface area contributed by atoms with Gasteiger partial charge in [-0.05, 0) is 55.7 Å². The average Bonchev–Trinajstić information content (AvgIpc) is 2.94. The van der Waals surface area contributed by atoms with E-state index >= 15 is 0 Å². The van der Waals surface area contributed by atoms with E-state index < -0.39 is 18.0 Å². The van der Waals surface area contributed by atoms with Crippen LogP contribution in [0.2, 0.25) is 0 Å². The number of likely N-dealkylation sites (N-methyl/N-ethyl adjacent to an activating group) is 1. The van der Waals surface area contributed by atoms with Gasteiger partial charge in [0, 0.05) is 37.5 Å². The van der Waals surface area contributed by atoms with Gasteiger partial charge in [0.2, 0.25) is 23.2 Å². The first kappa shape index (κ1) is 29.0. The van der Waals surface area contributed by atoms with Gasteiger partial charge in [0.25, 0.3) is 0 Å². The van der Waals surface area contributed by atoms with Crippen LogP contribution in [-0.2, 0) is 20.8 Å². The summed E-state index contributed by atoms with van der Waals surface area (Å²) >= 11 is 5.88. The molecule has 2 unspecified atom stereocenters. The van der Waals surface area contributed by atoms with Crippen molar-refractivity contribution in [1.82, 2.24) is 15.1 Å². The topological polar surface area (TPSA) is 131 Å². The molecule has 202 valence electrons. The maximum absolute atomic E-state index is 13.3. The van der Waals surface area contributed by atoms with Crippen LogP contribution in [-0.4, -0.2) is 54.3 Å². The zero-order valence-corrected chi connectivity index (χ0v) is 22.3. The van der Waals surface area contributed by atoms with Crippen LogP contribution in [0.3, 0.4) is 0 Å². The van der Waals surface area contributed by atoms with E-state index in [1.165, 1.54) is 0 Å². The van der Waals surface area contributed by atoms with Crippen LogP contribution in [0, 0.1) is 0 Å². The van der Waals surface area contributed by atoms with E-state index in [9.17, 15) is 14.4 Å². The molecular formula is C28H36ClN6O3+. The van der Waals surface area contributed by atoms with Crippen molar-refractivity contribution in [1.29, 1.82) is 0 Å². The monoisotopic (exact) mass is 539 g/mol. The number of anilines is 1. The molecule has 3 rings (SSSR count). The zero-order chi connectivity index (χ0) is 27.3. The molecule has 0 saturated heterocycles. The molecule has 2 atom stereocenters. The van der Waals surface area contributed by atoms with E-state index in [1.807, 2.05) is 67.6 Å². The Hall–Kier alpha value is -3.53. The molecule has 0 aliphatic rings. The molecule has 0 fully saturated rings. The Kier molecular flexibility index (Phi) is 11.5. The first-order chi connectivity index (χ1) is 18.4. The van der Waals surface area contributed by atoms with Gasteiger partial charge in [-0.1, -0.05) is 42.5 Å². The van der Waals surface area contributed by atoms with Crippen LogP contribution in [0.5, 0.6) is 0 Å². The van der Waals surface area contributed by atoms with E-state index in [4.69, 9.17) is 17.5 Å². The van der Waals surface area contributed by atoms with Gasteiger partial charge in [-0.3, -0.25) is 14.4 Å². The van der Waals surface area contributed by atoms with E-state index in [2.05, 4.69) is 20.5 Å². The summed E-state index contributed by atoms with van der Waals surface area (Å²) in [5.41, 5.74) is 8.16. The summed E-state index contributed by atoms with van der Waals surface area (Å²) in [6.45, 7) is 3.23. The van der Waals surface area contributed by atoms with Crippen molar-refractivity contribution in [3.8, 4) is 0 Å². The predicted molar refractivity (Wildman–Crippen MR) is 149 cm³/mol. The SMILES string of the molecule is CCN(CCN)C(=O)CCC(NCl)C(=O)NC(CCc1ccccc1)C(=O)Nc1c[nH+]c2ccccc2c1. The van der Waals surface area contributed by atoms with Crippen LogP contribution < -0.4 is 26.2 Å². The molecule has 2 aromatic carbocycles. The highest BCUT2D eigenvalue weighted by Crippen LogP contribution is 2.15. The molecule has 0 saturated carbocycles. The van der Waals surface area contributed by atoms with Gasteiger partial charge in [0.1, 0.15) is 17.8 Å². The quantitative estimate of drug-likeness (QED) is 0.234. The lowest BCUT2D eigenvalue weighted by Crippen LogP contribution is -2.50. The Morgan fingerprint density at radius 1 is 1.00 bits per heavy atom. The number of nitrogens with zero attached hydrogens (tertiary/aromatic N) is 1. The summed E-state index contributed by atoms with van der Waals surface area (Å²) in [6.07, 6.45) is 2.99. The van der Waals surface area contributed by atoms with Crippen molar-refractivity contribution >= 4 is 46.1 Å². The predicted octanol–water partition coefficient (Wildman–Crippen LogP) is 2.41. The molecule has 0 bridgehead atoms. The third-order valence-electron chi connectivity index (χ3n) is 6.35. The standard InChI is InChI=1S/C28H35ClN6O3/c1-2-35(17-16-30)26(36)15-14-25(34-29)28(38)33-24(13-12-20-8-4-3-5-9-20)27(37)32-22-18-21-10-6-7-11-23(21)31-19-22/h3-11,18-19,24-25,34H,2,12-17,30H2,1H3,(H,32,37)(H,33,38)/p+1. The van der Waals surface area contributed by atoms with Crippen LogP contribution in [0.15, 0.2) is 66.9 Å². The number of para-hydroxylation sites is 1. The lowest BCUT2D eigenvalue weighted by Gasteiger charge is -2.23. The van der Waals surface area contributed by atoms with Gasteiger partial charge >= 0.3 is 0 Å². The highest BCUT2D eigenvalue weighted by Gasteiger charge is 2.27. The first-order valence-corrected chi connectivity index (χ1v) is 13.2. The second-order valence-corrected chi connectivity index (χ2v) is 9.23. The normalized spacial score (nSPS) is 12.5. The average molecular weight is 540 g/mol. The van der Waals surface area contributed by atoms with Gasteiger partial charge in [-0.2, -0.15) is 0 Å². The van der Waals surface area contributed by atoms with Gasteiger partial charge in [-0.25, -0.2) is 9.82 Å². The number of pyridine rings is 1. The Balaban J connectivity index is 1.69. The van der Waals surface area contributed by atoms with Gasteiger partial charge < -0.3 is 21.3 Å². The minimum absolute atomic E-state index is 0.103. The number of carbonyl (C=O) groups is 3. The fourth-order valence-electron chi connectivity index (χ4n) is 4.19. The molecule has 38 heavy (non-hydrogen) atoms.